The van der Waals surface area contributed by atoms with Gasteiger partial charge in [-0.1, -0.05) is 37.8 Å². The fourth-order valence-corrected chi connectivity index (χ4v) is 4.53. The van der Waals surface area contributed by atoms with Crippen molar-refractivity contribution in [2.75, 3.05) is 26.9 Å². The molecule has 1 aromatic rings. The maximum atomic E-state index is 12.6. The van der Waals surface area contributed by atoms with Crippen LogP contribution in [0, 0.1) is 9.49 Å². The second kappa shape index (κ2) is 10.4. The number of hydrogen-bond acceptors (Lipinski definition) is 7. The van der Waals surface area contributed by atoms with Gasteiger partial charge in [0, 0.05) is 6.54 Å². The lowest BCUT2D eigenvalue weighted by atomic mass is 10.1. The summed E-state index contributed by atoms with van der Waals surface area (Å²) in [5.74, 6) is 0.734. The molecule has 1 aliphatic heterocycles. The normalized spacial score (nSPS) is 15.5. The molecule has 28 heavy (non-hydrogen) atoms. The number of methoxy groups -OCH3 is 1. The molecular weight excluding hydrogens is 513 g/mol. The van der Waals surface area contributed by atoms with Crippen LogP contribution in [-0.4, -0.2) is 48.0 Å². The molecule has 0 saturated carbocycles. The van der Waals surface area contributed by atoms with E-state index < -0.39 is 5.97 Å². The molecule has 1 saturated heterocycles. The number of thiocarbonyl (C=S) groups is 1. The second-order valence-electron chi connectivity index (χ2n) is 6.31. The summed E-state index contributed by atoms with van der Waals surface area (Å²) in [5, 5.41) is 0. The number of nitrogens with zero attached hydrogens (tertiary/aromatic N) is 1. The Bertz CT molecular complexity index is 810. The van der Waals surface area contributed by atoms with Crippen LogP contribution in [0.3, 0.4) is 0 Å². The minimum absolute atomic E-state index is 0.0830. The number of ether oxygens (including phenoxy) is 3. The molecule has 0 aromatic heterocycles. The van der Waals surface area contributed by atoms with Crippen molar-refractivity contribution >= 4 is 68.8 Å². The lowest BCUT2D eigenvalue weighted by Crippen LogP contribution is -2.31. The Kier molecular flexibility index (Phi) is 8.56. The maximum absolute atomic E-state index is 12.6. The molecule has 6 nitrogen and oxygen atoms in total. The third kappa shape index (κ3) is 5.84. The van der Waals surface area contributed by atoms with Crippen molar-refractivity contribution in [2.24, 2.45) is 5.92 Å². The van der Waals surface area contributed by atoms with E-state index in [1.165, 1.54) is 18.9 Å². The number of benzene rings is 1. The molecule has 152 valence electrons. The number of carbonyl (C=O) groups excluding carboxylic acids is 2. The van der Waals surface area contributed by atoms with E-state index >= 15 is 0 Å². The van der Waals surface area contributed by atoms with Gasteiger partial charge in [0.1, 0.15) is 4.32 Å². The van der Waals surface area contributed by atoms with Crippen LogP contribution in [0.5, 0.6) is 11.5 Å². The molecule has 1 aliphatic rings. The summed E-state index contributed by atoms with van der Waals surface area (Å²) in [7, 11) is 1.52. The first-order chi connectivity index (χ1) is 13.3. The van der Waals surface area contributed by atoms with E-state index in [1.54, 1.807) is 24.0 Å². The molecule has 1 aromatic carbocycles. The van der Waals surface area contributed by atoms with E-state index in [9.17, 15) is 9.59 Å². The number of thioether (sulfide) groups is 1. The minimum atomic E-state index is -0.446. The van der Waals surface area contributed by atoms with E-state index in [0.29, 0.717) is 39.8 Å². The van der Waals surface area contributed by atoms with Crippen molar-refractivity contribution in [1.82, 2.24) is 4.90 Å². The minimum Gasteiger partial charge on any atom is -0.493 e. The summed E-state index contributed by atoms with van der Waals surface area (Å²) in [4.78, 5) is 26.4. The topological polar surface area (TPSA) is 65.1 Å². The molecule has 1 amide bonds. The van der Waals surface area contributed by atoms with E-state index in [4.69, 9.17) is 26.4 Å². The highest BCUT2D eigenvalue weighted by Gasteiger charge is 2.32. The molecule has 1 fully saturated rings. The summed E-state index contributed by atoms with van der Waals surface area (Å²) in [6, 6.07) is 3.62. The SMILES string of the molecule is CCOC(=O)COc1c(I)cc(C=C2SC(=S)N(CC(C)C)C2=O)cc1OC. The Hall–Kier alpha value is -1.33. The Labute approximate surface area is 188 Å². The van der Waals surface area contributed by atoms with Gasteiger partial charge in [0.15, 0.2) is 18.1 Å². The van der Waals surface area contributed by atoms with Crippen LogP contribution in [0.2, 0.25) is 0 Å². The van der Waals surface area contributed by atoms with Crippen LogP contribution in [0.4, 0.5) is 0 Å². The fourth-order valence-electron chi connectivity index (χ4n) is 2.47. The third-order valence-electron chi connectivity index (χ3n) is 3.61. The molecule has 0 N–H and O–H groups in total. The van der Waals surface area contributed by atoms with E-state index in [1.807, 2.05) is 19.9 Å². The number of carbonyl (C=O) groups is 2. The highest BCUT2D eigenvalue weighted by molar-refractivity contribution is 14.1. The summed E-state index contributed by atoms with van der Waals surface area (Å²) in [6.07, 6.45) is 1.79. The Morgan fingerprint density at radius 2 is 2.11 bits per heavy atom. The predicted octanol–water partition coefficient (Wildman–Crippen LogP) is 4.10. The smallest absolute Gasteiger partial charge is 0.344 e. The first kappa shape index (κ1) is 23.0. The first-order valence-electron chi connectivity index (χ1n) is 8.68. The Morgan fingerprint density at radius 1 is 1.39 bits per heavy atom. The van der Waals surface area contributed by atoms with E-state index in [2.05, 4.69) is 22.6 Å². The molecule has 0 radical (unpaired) electrons. The van der Waals surface area contributed by atoms with Gasteiger partial charge in [-0.05, 0) is 59.2 Å². The van der Waals surface area contributed by atoms with Crippen LogP contribution in [-0.2, 0) is 14.3 Å². The highest BCUT2D eigenvalue weighted by Crippen LogP contribution is 2.37. The number of amides is 1. The molecular formula is C19H22INO5S2. The van der Waals surface area contributed by atoms with E-state index in [-0.39, 0.29) is 12.5 Å². The molecule has 2 rings (SSSR count). The van der Waals surface area contributed by atoms with Gasteiger partial charge in [-0.25, -0.2) is 4.79 Å². The van der Waals surface area contributed by atoms with Crippen LogP contribution in [0.25, 0.3) is 6.08 Å². The lowest BCUT2D eigenvalue weighted by Gasteiger charge is -2.16. The molecule has 0 unspecified atom stereocenters. The van der Waals surface area contributed by atoms with Crippen molar-refractivity contribution in [3.05, 3.63) is 26.2 Å². The molecule has 9 heteroatoms. The van der Waals surface area contributed by atoms with Gasteiger partial charge in [-0.2, -0.15) is 0 Å². The van der Waals surface area contributed by atoms with Gasteiger partial charge < -0.3 is 14.2 Å². The average Bonchev–Trinajstić information content (AvgIpc) is 2.87. The zero-order valence-electron chi connectivity index (χ0n) is 16.1. The summed E-state index contributed by atoms with van der Waals surface area (Å²) < 4.78 is 17.2. The van der Waals surface area contributed by atoms with Crippen molar-refractivity contribution in [3.8, 4) is 11.5 Å². The monoisotopic (exact) mass is 535 g/mol. The van der Waals surface area contributed by atoms with Crippen molar-refractivity contribution in [2.45, 2.75) is 20.8 Å². The highest BCUT2D eigenvalue weighted by atomic mass is 127. The molecule has 0 atom stereocenters. The number of halogens is 1. The van der Waals surface area contributed by atoms with Gasteiger partial charge in [0.25, 0.3) is 5.91 Å². The van der Waals surface area contributed by atoms with Gasteiger partial charge in [0.05, 0.1) is 22.2 Å². The van der Waals surface area contributed by atoms with Crippen LogP contribution < -0.4 is 9.47 Å². The Morgan fingerprint density at radius 3 is 2.71 bits per heavy atom. The van der Waals surface area contributed by atoms with Crippen molar-refractivity contribution < 1.29 is 23.8 Å². The zero-order chi connectivity index (χ0) is 20.8. The fraction of sp³-hybridized carbons (Fsp3) is 0.421. The predicted molar refractivity (Wildman–Crippen MR) is 123 cm³/mol. The average molecular weight is 535 g/mol. The maximum Gasteiger partial charge on any atom is 0.344 e. The Balaban J connectivity index is 2.24. The third-order valence-corrected chi connectivity index (χ3v) is 5.79. The number of rotatable bonds is 8. The molecule has 1 heterocycles. The van der Waals surface area contributed by atoms with Crippen LogP contribution in [0.15, 0.2) is 17.0 Å². The van der Waals surface area contributed by atoms with Crippen molar-refractivity contribution in [1.29, 1.82) is 0 Å². The van der Waals surface area contributed by atoms with Gasteiger partial charge in [-0.15, -0.1) is 0 Å². The molecule has 0 bridgehead atoms. The summed E-state index contributed by atoms with van der Waals surface area (Å²) in [5.41, 5.74) is 0.787. The van der Waals surface area contributed by atoms with Gasteiger partial charge >= 0.3 is 5.97 Å². The zero-order valence-corrected chi connectivity index (χ0v) is 19.9. The summed E-state index contributed by atoms with van der Waals surface area (Å²) >= 11 is 8.74. The first-order valence-corrected chi connectivity index (χ1v) is 11.0. The second-order valence-corrected chi connectivity index (χ2v) is 9.15. The number of hydrogen-bond donors (Lipinski definition) is 0. The quantitative estimate of drug-likeness (QED) is 0.215. The lowest BCUT2D eigenvalue weighted by molar-refractivity contribution is -0.145. The molecule has 0 aliphatic carbocycles. The van der Waals surface area contributed by atoms with Crippen LogP contribution in [0.1, 0.15) is 26.3 Å². The van der Waals surface area contributed by atoms with Crippen LogP contribution >= 0.6 is 46.6 Å². The largest absolute Gasteiger partial charge is 0.493 e. The standard InChI is InChI=1S/C19H22INO5S2/c1-5-25-16(22)10-26-17-13(20)6-12(7-14(17)24-4)8-15-18(23)21(9-11(2)3)19(27)28-15/h6-8,11H,5,9-10H2,1-4H3. The van der Waals surface area contributed by atoms with Crippen molar-refractivity contribution in [3.63, 3.8) is 0 Å². The molecule has 0 spiro atoms. The van der Waals surface area contributed by atoms with Gasteiger partial charge in [0.2, 0.25) is 0 Å². The van der Waals surface area contributed by atoms with E-state index in [0.717, 1.165) is 9.13 Å². The van der Waals surface area contributed by atoms with Gasteiger partial charge in [-0.3, -0.25) is 9.69 Å². The number of esters is 1. The summed E-state index contributed by atoms with van der Waals surface area (Å²) in [6.45, 7) is 6.52.